The van der Waals surface area contributed by atoms with Crippen molar-refractivity contribution in [3.8, 4) is 34.4 Å². The average Bonchev–Trinajstić information content (AvgIpc) is 3.56. The number of hydrogen-bond donors (Lipinski definition) is 1. The molecule has 0 radical (unpaired) electrons. The standard InChI is InChI=1S/C27H24N6O2/c1-27(2,29)24-16-33(26(34)35-24)21-7-8-22-20(11-21)15-31-14-19(18-5-3-17(13-28)4-6-18)12-23(31)25-30-9-10-32(22)25/h3-12,14,24H,15-16,29H2,1-2H3. The van der Waals surface area contributed by atoms with E-state index in [-0.39, 0.29) is 12.2 Å². The molecule has 2 aromatic heterocycles. The zero-order valence-corrected chi connectivity index (χ0v) is 19.5. The molecule has 1 atom stereocenters. The number of imidazole rings is 1. The summed E-state index contributed by atoms with van der Waals surface area (Å²) in [4.78, 5) is 18.9. The van der Waals surface area contributed by atoms with Crippen LogP contribution in [0.3, 0.4) is 0 Å². The van der Waals surface area contributed by atoms with Crippen molar-refractivity contribution in [1.29, 1.82) is 5.26 Å². The van der Waals surface area contributed by atoms with E-state index in [1.165, 1.54) is 0 Å². The minimum atomic E-state index is -0.621. The van der Waals surface area contributed by atoms with Gasteiger partial charge in [-0.05, 0) is 61.4 Å². The summed E-state index contributed by atoms with van der Waals surface area (Å²) in [5.74, 6) is 0.849. The molecule has 2 aromatic carbocycles. The molecule has 1 amide bonds. The number of nitriles is 1. The Morgan fingerprint density at radius 1 is 1.14 bits per heavy atom. The molecule has 6 rings (SSSR count). The Bertz CT molecular complexity index is 1500. The van der Waals surface area contributed by atoms with E-state index in [9.17, 15) is 4.79 Å². The Kier molecular flexibility index (Phi) is 4.59. The van der Waals surface area contributed by atoms with Gasteiger partial charge in [0, 0.05) is 41.9 Å². The number of carbonyl (C=O) groups is 1. The molecule has 1 fully saturated rings. The Hall–Kier alpha value is -4.35. The van der Waals surface area contributed by atoms with Gasteiger partial charge in [-0.2, -0.15) is 5.26 Å². The van der Waals surface area contributed by atoms with Crippen LogP contribution in [0.25, 0.3) is 28.3 Å². The molecule has 2 aliphatic rings. The van der Waals surface area contributed by atoms with Gasteiger partial charge in [-0.1, -0.05) is 12.1 Å². The fraction of sp³-hybridized carbons (Fsp3) is 0.222. The van der Waals surface area contributed by atoms with Crippen LogP contribution in [-0.4, -0.2) is 38.4 Å². The van der Waals surface area contributed by atoms with Gasteiger partial charge < -0.3 is 15.0 Å². The first-order chi connectivity index (χ1) is 16.8. The number of nitrogens with zero attached hydrogens (tertiary/aromatic N) is 5. The van der Waals surface area contributed by atoms with Crippen molar-refractivity contribution in [3.05, 3.63) is 78.2 Å². The number of hydrogen-bond acceptors (Lipinski definition) is 5. The predicted molar refractivity (Wildman–Crippen MR) is 132 cm³/mol. The van der Waals surface area contributed by atoms with Crippen molar-refractivity contribution in [2.75, 3.05) is 11.4 Å². The maximum Gasteiger partial charge on any atom is 0.414 e. The monoisotopic (exact) mass is 464 g/mol. The molecule has 1 saturated heterocycles. The smallest absolute Gasteiger partial charge is 0.414 e. The molecule has 0 saturated carbocycles. The molecular weight excluding hydrogens is 440 g/mol. The molecule has 174 valence electrons. The van der Waals surface area contributed by atoms with Crippen molar-refractivity contribution in [1.82, 2.24) is 14.1 Å². The van der Waals surface area contributed by atoms with Crippen LogP contribution in [0.4, 0.5) is 10.5 Å². The lowest BCUT2D eigenvalue weighted by Gasteiger charge is -2.24. The fourth-order valence-electron chi connectivity index (χ4n) is 4.76. The van der Waals surface area contributed by atoms with Gasteiger partial charge in [0.1, 0.15) is 6.10 Å². The van der Waals surface area contributed by atoms with Crippen LogP contribution in [0, 0.1) is 11.3 Å². The molecule has 4 heterocycles. The van der Waals surface area contributed by atoms with Crippen molar-refractivity contribution >= 4 is 11.8 Å². The SMILES string of the molecule is CC(C)(N)C1CN(c2ccc3c(c2)Cn2cc(-c4ccc(C#N)cc4)cc2-c2nccn2-3)C(=O)O1. The largest absolute Gasteiger partial charge is 0.442 e. The van der Waals surface area contributed by atoms with Gasteiger partial charge in [0.2, 0.25) is 0 Å². The van der Waals surface area contributed by atoms with Crippen LogP contribution < -0.4 is 10.6 Å². The van der Waals surface area contributed by atoms with Crippen LogP contribution in [0.5, 0.6) is 0 Å². The molecule has 2 N–H and O–H groups in total. The number of carbonyl (C=O) groups excluding carboxylic acids is 1. The van der Waals surface area contributed by atoms with Gasteiger partial charge >= 0.3 is 6.09 Å². The number of amides is 1. The number of benzene rings is 2. The van der Waals surface area contributed by atoms with E-state index >= 15 is 0 Å². The predicted octanol–water partition coefficient (Wildman–Crippen LogP) is 4.30. The van der Waals surface area contributed by atoms with Crippen LogP contribution in [0.1, 0.15) is 25.0 Å². The summed E-state index contributed by atoms with van der Waals surface area (Å²) in [6, 6.07) is 17.9. The zero-order valence-electron chi connectivity index (χ0n) is 19.5. The van der Waals surface area contributed by atoms with E-state index in [0.717, 1.165) is 39.6 Å². The van der Waals surface area contributed by atoms with Gasteiger partial charge in [0.15, 0.2) is 5.82 Å². The van der Waals surface area contributed by atoms with E-state index in [0.29, 0.717) is 18.7 Å². The van der Waals surface area contributed by atoms with Gasteiger partial charge in [0.25, 0.3) is 0 Å². The van der Waals surface area contributed by atoms with Crippen LogP contribution in [0.15, 0.2) is 67.1 Å². The van der Waals surface area contributed by atoms with E-state index < -0.39 is 5.54 Å². The minimum absolute atomic E-state index is 0.375. The van der Waals surface area contributed by atoms with Gasteiger partial charge in [0.05, 0.1) is 29.6 Å². The van der Waals surface area contributed by atoms with E-state index in [1.807, 2.05) is 62.5 Å². The summed E-state index contributed by atoms with van der Waals surface area (Å²) < 4.78 is 9.81. The highest BCUT2D eigenvalue weighted by Gasteiger charge is 2.40. The molecule has 0 bridgehead atoms. The lowest BCUT2D eigenvalue weighted by Crippen LogP contribution is -2.47. The highest BCUT2D eigenvalue weighted by Crippen LogP contribution is 2.36. The normalized spacial score (nSPS) is 16.7. The van der Waals surface area contributed by atoms with Crippen molar-refractivity contribution < 1.29 is 9.53 Å². The van der Waals surface area contributed by atoms with Crippen molar-refractivity contribution in [3.63, 3.8) is 0 Å². The molecule has 2 aliphatic heterocycles. The highest BCUT2D eigenvalue weighted by molar-refractivity contribution is 5.90. The Morgan fingerprint density at radius 3 is 2.66 bits per heavy atom. The van der Waals surface area contributed by atoms with Crippen LogP contribution >= 0.6 is 0 Å². The molecule has 0 aliphatic carbocycles. The first-order valence-corrected chi connectivity index (χ1v) is 11.5. The summed E-state index contributed by atoms with van der Waals surface area (Å²) in [5, 5.41) is 9.11. The summed E-state index contributed by atoms with van der Waals surface area (Å²) in [7, 11) is 0. The third kappa shape index (κ3) is 3.49. The van der Waals surface area contributed by atoms with E-state index in [2.05, 4.69) is 32.5 Å². The van der Waals surface area contributed by atoms with Crippen molar-refractivity contribution in [2.24, 2.45) is 5.73 Å². The maximum absolute atomic E-state index is 12.6. The summed E-state index contributed by atoms with van der Waals surface area (Å²) in [6.07, 6.45) is 5.10. The second kappa shape index (κ2) is 7.58. The van der Waals surface area contributed by atoms with E-state index in [1.54, 1.807) is 11.1 Å². The van der Waals surface area contributed by atoms with Gasteiger partial charge in [-0.3, -0.25) is 9.47 Å². The van der Waals surface area contributed by atoms with E-state index in [4.69, 9.17) is 15.7 Å². The summed E-state index contributed by atoms with van der Waals surface area (Å²) in [5.41, 5.74) is 12.2. The maximum atomic E-state index is 12.6. The molecule has 8 nitrogen and oxygen atoms in total. The fourth-order valence-corrected chi connectivity index (χ4v) is 4.76. The number of cyclic esters (lactones) is 1. The second-order valence-corrected chi connectivity index (χ2v) is 9.67. The Morgan fingerprint density at radius 2 is 1.94 bits per heavy atom. The lowest BCUT2D eigenvalue weighted by molar-refractivity contribution is 0.102. The summed E-state index contributed by atoms with van der Waals surface area (Å²) >= 11 is 0. The number of fused-ring (bicyclic) bond motifs is 5. The lowest BCUT2D eigenvalue weighted by atomic mass is 9.99. The molecule has 4 aromatic rings. The number of nitrogens with two attached hydrogens (primary N) is 1. The van der Waals surface area contributed by atoms with Crippen LogP contribution in [0.2, 0.25) is 0 Å². The highest BCUT2D eigenvalue weighted by atomic mass is 16.6. The molecular formula is C27H24N6O2. The van der Waals surface area contributed by atoms with Crippen molar-refractivity contribution in [2.45, 2.75) is 32.0 Å². The molecule has 0 spiro atoms. The van der Waals surface area contributed by atoms with Gasteiger partial charge in [-0.15, -0.1) is 0 Å². The Balaban J connectivity index is 1.40. The molecule has 1 unspecified atom stereocenters. The number of aromatic nitrogens is 3. The minimum Gasteiger partial charge on any atom is -0.442 e. The first kappa shape index (κ1) is 21.2. The number of rotatable bonds is 3. The zero-order chi connectivity index (χ0) is 24.3. The third-order valence-electron chi connectivity index (χ3n) is 6.73. The third-order valence-corrected chi connectivity index (χ3v) is 6.73. The summed E-state index contributed by atoms with van der Waals surface area (Å²) in [6.45, 7) is 4.76. The molecule has 8 heteroatoms. The first-order valence-electron chi connectivity index (χ1n) is 11.5. The average molecular weight is 465 g/mol. The number of anilines is 1. The Labute approximate surface area is 202 Å². The quantitative estimate of drug-likeness (QED) is 0.429. The second-order valence-electron chi connectivity index (χ2n) is 9.67. The number of ether oxygens (including phenoxy) is 1. The topological polar surface area (TPSA) is 102 Å². The van der Waals surface area contributed by atoms with Gasteiger partial charge in [-0.25, -0.2) is 9.78 Å². The van der Waals surface area contributed by atoms with Crippen LogP contribution in [-0.2, 0) is 11.3 Å². The molecule has 35 heavy (non-hydrogen) atoms.